The molecule has 2 aromatic rings. The van der Waals surface area contributed by atoms with Crippen LogP contribution in [0.15, 0.2) is 36.4 Å². The van der Waals surface area contributed by atoms with Crippen LogP contribution in [-0.4, -0.2) is 19.0 Å². The maximum Gasteiger partial charge on any atom is 0.225 e. The monoisotopic (exact) mass is 348 g/mol. The lowest BCUT2D eigenvalue weighted by Crippen LogP contribution is -2.35. The van der Waals surface area contributed by atoms with Gasteiger partial charge in [-0.15, -0.1) is 0 Å². The fraction of sp³-hybridized carbons (Fsp3) is 0.316. The Balaban J connectivity index is 2.10. The van der Waals surface area contributed by atoms with Crippen LogP contribution >= 0.6 is 11.6 Å². The molecule has 1 atom stereocenters. The van der Waals surface area contributed by atoms with Crippen LogP contribution in [0.25, 0.3) is 0 Å². The third kappa shape index (κ3) is 3.34. The predicted molar refractivity (Wildman–Crippen MR) is 93.9 cm³/mol. The van der Waals surface area contributed by atoms with Crippen molar-refractivity contribution in [3.05, 3.63) is 58.1 Å². The first kappa shape index (κ1) is 13.1. The lowest BCUT2D eigenvalue weighted by molar-refractivity contribution is -0.121. The van der Waals surface area contributed by atoms with Gasteiger partial charge in [-0.05, 0) is 54.8 Å². The standard InChI is InChI=1S/C19H20ClNO3/c1-11(2)24-17-10-15-13(8-16(17)23-3)9-18(22)21-19(15)12-4-6-14(20)7-5-12/h4-8,10-11,19H,9H2,1-3H3,(H,21,22)/i3D3. The van der Waals surface area contributed by atoms with E-state index in [0.717, 1.165) is 11.1 Å². The molecule has 1 N–H and O–H groups in total. The Bertz CT molecular complexity index is 851. The summed E-state index contributed by atoms with van der Waals surface area (Å²) in [5, 5.41) is 3.57. The van der Waals surface area contributed by atoms with Crippen molar-refractivity contribution >= 4 is 17.5 Å². The molecule has 2 aromatic carbocycles. The number of carbonyl (C=O) groups excluding carboxylic acids is 1. The zero-order valence-electron chi connectivity index (χ0n) is 16.4. The Hall–Kier alpha value is -2.20. The molecule has 24 heavy (non-hydrogen) atoms. The summed E-state index contributed by atoms with van der Waals surface area (Å²) in [6.07, 6.45) is -0.0344. The summed E-state index contributed by atoms with van der Waals surface area (Å²) in [4.78, 5) is 12.2. The lowest BCUT2D eigenvalue weighted by Gasteiger charge is -2.28. The van der Waals surface area contributed by atoms with Crippen molar-refractivity contribution < 1.29 is 18.4 Å². The molecule has 0 saturated carbocycles. The molecule has 0 aromatic heterocycles. The van der Waals surface area contributed by atoms with Crippen LogP contribution in [0.5, 0.6) is 11.5 Å². The number of hydrogen-bond acceptors (Lipinski definition) is 3. The number of benzene rings is 2. The number of amides is 1. The van der Waals surface area contributed by atoms with E-state index >= 15 is 0 Å². The molecule has 0 radical (unpaired) electrons. The van der Waals surface area contributed by atoms with Gasteiger partial charge in [0.1, 0.15) is 0 Å². The van der Waals surface area contributed by atoms with Gasteiger partial charge in [0, 0.05) is 5.02 Å². The van der Waals surface area contributed by atoms with Crippen molar-refractivity contribution in [2.24, 2.45) is 0 Å². The van der Waals surface area contributed by atoms with Gasteiger partial charge >= 0.3 is 0 Å². The van der Waals surface area contributed by atoms with E-state index in [1.165, 1.54) is 0 Å². The minimum absolute atomic E-state index is 0.104. The van der Waals surface area contributed by atoms with Crippen molar-refractivity contribution in [1.82, 2.24) is 5.32 Å². The second-order valence-electron chi connectivity index (χ2n) is 6.00. The fourth-order valence-corrected chi connectivity index (χ4v) is 2.97. The van der Waals surface area contributed by atoms with Crippen LogP contribution in [0.2, 0.25) is 5.02 Å². The first-order valence-electron chi connectivity index (χ1n) is 9.20. The van der Waals surface area contributed by atoms with Crippen molar-refractivity contribution in [3.63, 3.8) is 0 Å². The first-order valence-corrected chi connectivity index (χ1v) is 8.07. The SMILES string of the molecule is [2H]C([2H])([2H])Oc1cc2c(cc1OC(C)C)C(c1ccc(Cl)cc1)NC(=O)C2. The molecular formula is C19H20ClNO3. The van der Waals surface area contributed by atoms with Crippen LogP contribution in [0.3, 0.4) is 0 Å². The molecule has 0 aliphatic carbocycles. The average molecular weight is 349 g/mol. The number of halogens is 1. The van der Waals surface area contributed by atoms with Gasteiger partial charge in [0.2, 0.25) is 5.91 Å². The van der Waals surface area contributed by atoms with Gasteiger partial charge in [-0.2, -0.15) is 0 Å². The summed E-state index contributed by atoms with van der Waals surface area (Å²) < 4.78 is 33.1. The first-order chi connectivity index (χ1) is 12.6. The van der Waals surface area contributed by atoms with Crippen molar-refractivity contribution in [1.29, 1.82) is 0 Å². The zero-order chi connectivity index (χ0) is 19.8. The highest BCUT2D eigenvalue weighted by Gasteiger charge is 2.28. The number of carbonyl (C=O) groups is 1. The zero-order valence-corrected chi connectivity index (χ0v) is 14.2. The number of nitrogens with one attached hydrogen (secondary N) is 1. The second-order valence-corrected chi connectivity index (χ2v) is 6.43. The maximum atomic E-state index is 12.2. The molecule has 126 valence electrons. The smallest absolute Gasteiger partial charge is 0.225 e. The quantitative estimate of drug-likeness (QED) is 0.911. The topological polar surface area (TPSA) is 47.6 Å². The van der Waals surface area contributed by atoms with E-state index in [1.807, 2.05) is 26.0 Å². The molecule has 0 fully saturated rings. The molecule has 0 saturated heterocycles. The highest BCUT2D eigenvalue weighted by atomic mass is 35.5. The van der Waals surface area contributed by atoms with Crippen LogP contribution in [0.1, 0.15) is 40.7 Å². The summed E-state index contributed by atoms with van der Waals surface area (Å²) in [5.74, 6) is 0.279. The molecule has 1 heterocycles. The molecule has 0 spiro atoms. The maximum absolute atomic E-state index is 12.2. The molecule has 0 bridgehead atoms. The molecule has 3 rings (SSSR count). The minimum Gasteiger partial charge on any atom is -0.493 e. The third-order valence-corrected chi connectivity index (χ3v) is 4.10. The number of rotatable bonds is 4. The second kappa shape index (κ2) is 6.73. The van der Waals surface area contributed by atoms with E-state index in [-0.39, 0.29) is 30.2 Å². The van der Waals surface area contributed by atoms with E-state index in [1.54, 1.807) is 24.3 Å². The third-order valence-electron chi connectivity index (χ3n) is 3.85. The predicted octanol–water partition coefficient (Wildman–Crippen LogP) is 3.90. The Morgan fingerprint density at radius 3 is 2.67 bits per heavy atom. The normalized spacial score (nSPS) is 18.9. The van der Waals surface area contributed by atoms with Gasteiger partial charge in [0.05, 0.1) is 29.7 Å². The molecular weight excluding hydrogens is 326 g/mol. The largest absolute Gasteiger partial charge is 0.493 e. The van der Waals surface area contributed by atoms with E-state index in [9.17, 15) is 4.79 Å². The van der Waals surface area contributed by atoms with Gasteiger partial charge in [-0.25, -0.2) is 0 Å². The van der Waals surface area contributed by atoms with Gasteiger partial charge in [0.25, 0.3) is 0 Å². The lowest BCUT2D eigenvalue weighted by atomic mass is 9.89. The summed E-state index contributed by atoms with van der Waals surface area (Å²) in [6.45, 7) is 3.69. The van der Waals surface area contributed by atoms with Crippen LogP contribution in [0, 0.1) is 0 Å². The minimum atomic E-state index is -2.62. The molecule has 1 unspecified atom stereocenters. The van der Waals surface area contributed by atoms with Crippen molar-refractivity contribution in [2.75, 3.05) is 7.04 Å². The molecule has 1 amide bonds. The highest BCUT2D eigenvalue weighted by Crippen LogP contribution is 2.38. The van der Waals surface area contributed by atoms with Gasteiger partial charge in [-0.3, -0.25) is 4.79 Å². The van der Waals surface area contributed by atoms with E-state index in [0.29, 0.717) is 16.3 Å². The number of hydrogen-bond donors (Lipinski definition) is 1. The number of ether oxygens (including phenoxy) is 2. The summed E-state index contributed by atoms with van der Waals surface area (Å²) in [7, 11) is -2.62. The Labute approximate surface area is 150 Å². The van der Waals surface area contributed by atoms with Gasteiger partial charge in [0.15, 0.2) is 11.5 Å². The molecule has 4 nitrogen and oxygen atoms in total. The van der Waals surface area contributed by atoms with E-state index < -0.39 is 7.04 Å². The average Bonchev–Trinajstić information content (AvgIpc) is 2.54. The summed E-state index contributed by atoms with van der Waals surface area (Å²) in [6, 6.07) is 10.2. The molecule has 1 aliphatic heterocycles. The number of methoxy groups -OCH3 is 1. The van der Waals surface area contributed by atoms with Crippen molar-refractivity contribution in [2.45, 2.75) is 32.4 Å². The van der Waals surface area contributed by atoms with Gasteiger partial charge < -0.3 is 14.8 Å². The van der Waals surface area contributed by atoms with Crippen LogP contribution < -0.4 is 14.8 Å². The Morgan fingerprint density at radius 1 is 1.25 bits per heavy atom. The van der Waals surface area contributed by atoms with Crippen LogP contribution in [-0.2, 0) is 11.2 Å². The Morgan fingerprint density at radius 2 is 2.00 bits per heavy atom. The van der Waals surface area contributed by atoms with Crippen LogP contribution in [0.4, 0.5) is 0 Å². The van der Waals surface area contributed by atoms with E-state index in [4.69, 9.17) is 25.2 Å². The highest BCUT2D eigenvalue weighted by molar-refractivity contribution is 6.30. The summed E-state index contributed by atoms with van der Waals surface area (Å²) >= 11 is 5.97. The van der Waals surface area contributed by atoms with Gasteiger partial charge in [-0.1, -0.05) is 23.7 Å². The van der Waals surface area contributed by atoms with E-state index in [2.05, 4.69) is 5.32 Å². The van der Waals surface area contributed by atoms with Crippen molar-refractivity contribution in [3.8, 4) is 11.5 Å². The summed E-state index contributed by atoms with van der Waals surface area (Å²) in [5.41, 5.74) is 2.41. The number of fused-ring (bicyclic) bond motifs is 1. The molecule has 1 aliphatic rings. The fourth-order valence-electron chi connectivity index (χ4n) is 2.85. The Kier molecular flexibility index (Phi) is 3.68. The molecule has 5 heteroatoms.